The van der Waals surface area contributed by atoms with Gasteiger partial charge in [-0.15, -0.1) is 0 Å². The SMILES string of the molecule is O=S(=O)(NC1CCN2CCCC2C1)N1CCCCC1CO. The lowest BCUT2D eigenvalue weighted by atomic mass is 9.99. The van der Waals surface area contributed by atoms with E-state index in [0.29, 0.717) is 12.6 Å². The number of aliphatic hydroxyl groups is 1. The first kappa shape index (κ1) is 15.7. The van der Waals surface area contributed by atoms with Gasteiger partial charge < -0.3 is 10.0 Å². The summed E-state index contributed by atoms with van der Waals surface area (Å²) in [6, 6.07) is 0.361. The molecule has 0 saturated carbocycles. The Balaban J connectivity index is 1.62. The van der Waals surface area contributed by atoms with Crippen molar-refractivity contribution in [1.29, 1.82) is 0 Å². The second-order valence-corrected chi connectivity index (χ2v) is 8.27. The zero-order valence-corrected chi connectivity index (χ0v) is 13.4. The van der Waals surface area contributed by atoms with E-state index in [-0.39, 0.29) is 18.7 Å². The third-order valence-corrected chi connectivity index (χ3v) is 6.96. The quantitative estimate of drug-likeness (QED) is 0.782. The zero-order valence-electron chi connectivity index (χ0n) is 12.6. The van der Waals surface area contributed by atoms with E-state index in [1.165, 1.54) is 23.7 Å². The lowest BCUT2D eigenvalue weighted by Crippen LogP contribution is -2.55. The number of piperidine rings is 2. The van der Waals surface area contributed by atoms with E-state index >= 15 is 0 Å². The van der Waals surface area contributed by atoms with Crippen molar-refractivity contribution < 1.29 is 13.5 Å². The monoisotopic (exact) mass is 317 g/mol. The molecule has 7 heteroatoms. The number of nitrogens with one attached hydrogen (secondary N) is 1. The molecule has 0 aromatic carbocycles. The summed E-state index contributed by atoms with van der Waals surface area (Å²) in [5, 5.41) is 9.41. The van der Waals surface area contributed by atoms with Crippen molar-refractivity contribution in [2.75, 3.05) is 26.2 Å². The fourth-order valence-corrected chi connectivity index (χ4v) is 5.79. The van der Waals surface area contributed by atoms with Crippen LogP contribution in [0.3, 0.4) is 0 Å². The van der Waals surface area contributed by atoms with Crippen LogP contribution in [0.1, 0.15) is 44.9 Å². The van der Waals surface area contributed by atoms with Crippen LogP contribution < -0.4 is 4.72 Å². The molecule has 0 spiro atoms. The Kier molecular flexibility index (Phi) is 4.85. The molecule has 3 atom stereocenters. The Bertz CT molecular complexity index is 456. The second kappa shape index (κ2) is 6.50. The summed E-state index contributed by atoms with van der Waals surface area (Å²) in [4.78, 5) is 2.49. The minimum atomic E-state index is -3.47. The first-order valence-corrected chi connectivity index (χ1v) is 9.68. The molecule has 122 valence electrons. The van der Waals surface area contributed by atoms with Crippen LogP contribution in [-0.2, 0) is 10.2 Å². The van der Waals surface area contributed by atoms with E-state index in [1.54, 1.807) is 0 Å². The van der Waals surface area contributed by atoms with Crippen LogP contribution >= 0.6 is 0 Å². The van der Waals surface area contributed by atoms with Gasteiger partial charge in [-0.2, -0.15) is 17.4 Å². The smallest absolute Gasteiger partial charge is 0.280 e. The molecule has 3 heterocycles. The molecule has 0 radical (unpaired) electrons. The average Bonchev–Trinajstić information content (AvgIpc) is 2.94. The molecular weight excluding hydrogens is 290 g/mol. The van der Waals surface area contributed by atoms with Crippen molar-refractivity contribution in [2.45, 2.75) is 63.1 Å². The first-order valence-electron chi connectivity index (χ1n) is 8.24. The average molecular weight is 317 g/mol. The highest BCUT2D eigenvalue weighted by Crippen LogP contribution is 2.28. The Labute approximate surface area is 127 Å². The predicted octanol–water partition coefficient (Wildman–Crippen LogP) is 0.294. The molecule has 3 unspecified atom stereocenters. The van der Waals surface area contributed by atoms with Gasteiger partial charge in [0.15, 0.2) is 0 Å². The Morgan fingerprint density at radius 1 is 1.05 bits per heavy atom. The molecule has 0 aromatic rings. The predicted molar refractivity (Wildman–Crippen MR) is 81.1 cm³/mol. The first-order chi connectivity index (χ1) is 10.1. The Morgan fingerprint density at radius 2 is 1.90 bits per heavy atom. The van der Waals surface area contributed by atoms with E-state index in [4.69, 9.17) is 0 Å². The van der Waals surface area contributed by atoms with Gasteiger partial charge in [-0.3, -0.25) is 0 Å². The van der Waals surface area contributed by atoms with Gasteiger partial charge in [-0.05, 0) is 51.6 Å². The van der Waals surface area contributed by atoms with Crippen molar-refractivity contribution in [3.63, 3.8) is 0 Å². The van der Waals surface area contributed by atoms with Crippen molar-refractivity contribution in [1.82, 2.24) is 13.9 Å². The van der Waals surface area contributed by atoms with Gasteiger partial charge >= 0.3 is 0 Å². The number of fused-ring (bicyclic) bond motifs is 1. The topological polar surface area (TPSA) is 72.9 Å². The van der Waals surface area contributed by atoms with E-state index in [9.17, 15) is 13.5 Å². The van der Waals surface area contributed by atoms with E-state index in [0.717, 1.165) is 38.6 Å². The van der Waals surface area contributed by atoms with Crippen molar-refractivity contribution >= 4 is 10.2 Å². The molecule has 21 heavy (non-hydrogen) atoms. The van der Waals surface area contributed by atoms with Gasteiger partial charge in [0.05, 0.1) is 6.61 Å². The molecule has 3 aliphatic rings. The standard InChI is InChI=1S/C14H27N3O3S/c18-11-14-4-1-2-8-17(14)21(19,20)15-12-6-9-16-7-3-5-13(16)10-12/h12-15,18H,1-11H2. The molecule has 3 saturated heterocycles. The molecule has 0 amide bonds. The zero-order chi connectivity index (χ0) is 14.9. The highest BCUT2D eigenvalue weighted by molar-refractivity contribution is 7.87. The molecule has 0 aromatic heterocycles. The third-order valence-electron chi connectivity index (χ3n) is 5.23. The third kappa shape index (κ3) is 3.42. The summed E-state index contributed by atoms with van der Waals surface area (Å²) < 4.78 is 29.6. The number of hydrogen-bond donors (Lipinski definition) is 2. The van der Waals surface area contributed by atoms with E-state index < -0.39 is 10.2 Å². The van der Waals surface area contributed by atoms with Gasteiger partial charge in [0.2, 0.25) is 0 Å². The van der Waals surface area contributed by atoms with Crippen LogP contribution in [0.4, 0.5) is 0 Å². The summed E-state index contributed by atoms with van der Waals surface area (Å²) in [5.74, 6) is 0. The van der Waals surface area contributed by atoms with E-state index in [2.05, 4.69) is 9.62 Å². The minimum absolute atomic E-state index is 0.0515. The maximum absolute atomic E-state index is 12.6. The maximum atomic E-state index is 12.6. The maximum Gasteiger partial charge on any atom is 0.280 e. The number of nitrogens with zero attached hydrogens (tertiary/aromatic N) is 2. The Hall–Kier alpha value is -0.210. The highest BCUT2D eigenvalue weighted by Gasteiger charge is 2.37. The highest BCUT2D eigenvalue weighted by atomic mass is 32.2. The van der Waals surface area contributed by atoms with Crippen LogP contribution in [-0.4, -0.2) is 67.1 Å². The van der Waals surface area contributed by atoms with Crippen LogP contribution in [0.15, 0.2) is 0 Å². The van der Waals surface area contributed by atoms with Gasteiger partial charge in [0, 0.05) is 24.7 Å². The fourth-order valence-electron chi connectivity index (χ4n) is 4.08. The summed E-state index contributed by atoms with van der Waals surface area (Å²) in [6.07, 6.45) is 6.91. The molecular formula is C14H27N3O3S. The summed E-state index contributed by atoms with van der Waals surface area (Å²) >= 11 is 0. The molecule has 3 rings (SSSR count). The minimum Gasteiger partial charge on any atom is -0.395 e. The lowest BCUT2D eigenvalue weighted by molar-refractivity contribution is 0.149. The Morgan fingerprint density at radius 3 is 2.71 bits per heavy atom. The van der Waals surface area contributed by atoms with E-state index in [1.807, 2.05) is 0 Å². The largest absolute Gasteiger partial charge is 0.395 e. The van der Waals surface area contributed by atoms with Crippen LogP contribution in [0.5, 0.6) is 0 Å². The lowest BCUT2D eigenvalue weighted by Gasteiger charge is -2.38. The molecule has 0 aliphatic carbocycles. The fraction of sp³-hybridized carbons (Fsp3) is 1.00. The second-order valence-electron chi connectivity index (χ2n) is 6.62. The number of hydrogen-bond acceptors (Lipinski definition) is 4. The van der Waals surface area contributed by atoms with Crippen molar-refractivity contribution in [3.8, 4) is 0 Å². The van der Waals surface area contributed by atoms with Gasteiger partial charge in [0.1, 0.15) is 0 Å². The van der Waals surface area contributed by atoms with Gasteiger partial charge in [-0.1, -0.05) is 6.42 Å². The summed E-state index contributed by atoms with van der Waals surface area (Å²) in [7, 11) is -3.47. The summed E-state index contributed by atoms with van der Waals surface area (Å²) in [6.45, 7) is 2.62. The van der Waals surface area contributed by atoms with Crippen molar-refractivity contribution in [3.05, 3.63) is 0 Å². The normalized spacial score (nSPS) is 35.8. The molecule has 6 nitrogen and oxygen atoms in total. The molecule has 0 bridgehead atoms. The number of rotatable bonds is 4. The van der Waals surface area contributed by atoms with Gasteiger partial charge in [0.25, 0.3) is 10.2 Å². The van der Waals surface area contributed by atoms with Crippen LogP contribution in [0.2, 0.25) is 0 Å². The molecule has 3 aliphatic heterocycles. The van der Waals surface area contributed by atoms with Crippen molar-refractivity contribution in [2.24, 2.45) is 0 Å². The van der Waals surface area contributed by atoms with Gasteiger partial charge in [-0.25, -0.2) is 0 Å². The number of aliphatic hydroxyl groups excluding tert-OH is 1. The molecule has 2 N–H and O–H groups in total. The van der Waals surface area contributed by atoms with Crippen LogP contribution in [0.25, 0.3) is 0 Å². The molecule has 3 fully saturated rings. The summed E-state index contributed by atoms with van der Waals surface area (Å²) in [5.41, 5.74) is 0. The van der Waals surface area contributed by atoms with Crippen LogP contribution in [0, 0.1) is 0 Å².